The van der Waals surface area contributed by atoms with Crippen LogP contribution in [0, 0.1) is 30.9 Å². The topological polar surface area (TPSA) is 73.8 Å². The summed E-state index contributed by atoms with van der Waals surface area (Å²) >= 11 is 7.28. The van der Waals surface area contributed by atoms with Gasteiger partial charge in [0.2, 0.25) is 6.54 Å². The first kappa shape index (κ1) is 19.4. The highest BCUT2D eigenvalue weighted by atomic mass is 35.5. The summed E-state index contributed by atoms with van der Waals surface area (Å²) in [6.07, 6.45) is 0. The molecule has 0 N–H and O–H groups in total. The fourth-order valence-corrected chi connectivity index (χ4v) is 4.03. The van der Waals surface area contributed by atoms with E-state index in [1.54, 1.807) is 12.1 Å². The highest BCUT2D eigenvalue weighted by Crippen LogP contribution is 2.36. The van der Waals surface area contributed by atoms with E-state index in [9.17, 15) is 10.1 Å². The minimum atomic E-state index is -0.397. The monoisotopic (exact) mass is 402 g/mol. The maximum Gasteiger partial charge on any atom is 0.220 e. The maximum atomic E-state index is 11.2. The van der Waals surface area contributed by atoms with Crippen LogP contribution in [0.1, 0.15) is 27.8 Å². The van der Waals surface area contributed by atoms with Gasteiger partial charge in [-0.25, -0.2) is 0 Å². The second-order valence-electron chi connectivity index (χ2n) is 6.31. The number of halogens is 1. The molecule has 27 heavy (non-hydrogen) atoms. The molecular weight excluding hydrogens is 384 g/mol. The van der Waals surface area contributed by atoms with Gasteiger partial charge in [-0.15, -0.1) is 10.2 Å². The first-order valence-corrected chi connectivity index (χ1v) is 9.64. The zero-order chi connectivity index (χ0) is 19.6. The number of hydrogen-bond donors (Lipinski definition) is 0. The van der Waals surface area contributed by atoms with Gasteiger partial charge >= 0.3 is 0 Å². The molecule has 3 rings (SSSR count). The summed E-state index contributed by atoms with van der Waals surface area (Å²) in [6.45, 7) is 5.76. The van der Waals surface area contributed by atoms with Crippen LogP contribution in [0.15, 0.2) is 47.6 Å². The lowest BCUT2D eigenvalue weighted by molar-refractivity contribution is -0.479. The number of aryl methyl sites for hydroxylation is 3. The number of hydrogen-bond acceptors (Lipinski definition) is 5. The molecule has 0 bridgehead atoms. The predicted octanol–water partition coefficient (Wildman–Crippen LogP) is 4.96. The van der Waals surface area contributed by atoms with E-state index in [4.69, 9.17) is 11.6 Å². The third-order valence-corrected chi connectivity index (χ3v) is 5.78. The Morgan fingerprint density at radius 1 is 1.11 bits per heavy atom. The Balaban J connectivity index is 1.98. The molecule has 2 aromatic carbocycles. The molecule has 0 fully saturated rings. The van der Waals surface area contributed by atoms with E-state index in [2.05, 4.69) is 30.1 Å². The minimum Gasteiger partial charge on any atom is -0.274 e. The number of benzene rings is 2. The largest absolute Gasteiger partial charge is 0.274 e. The van der Waals surface area contributed by atoms with Crippen molar-refractivity contribution in [1.82, 2.24) is 14.8 Å². The zero-order valence-electron chi connectivity index (χ0n) is 15.2. The molecule has 1 atom stereocenters. The molecule has 0 amide bonds. The third-order valence-electron chi connectivity index (χ3n) is 4.35. The van der Waals surface area contributed by atoms with Crippen LogP contribution in [-0.2, 0) is 0 Å². The van der Waals surface area contributed by atoms with Gasteiger partial charge in [0.05, 0.1) is 0 Å². The van der Waals surface area contributed by atoms with Crippen molar-refractivity contribution in [1.29, 1.82) is 0 Å². The van der Waals surface area contributed by atoms with Gasteiger partial charge in [-0.05, 0) is 61.7 Å². The van der Waals surface area contributed by atoms with E-state index >= 15 is 0 Å². The fourth-order valence-electron chi connectivity index (χ4n) is 2.73. The van der Waals surface area contributed by atoms with Gasteiger partial charge in [-0.2, -0.15) is 0 Å². The molecule has 0 spiro atoms. The first-order valence-electron chi connectivity index (χ1n) is 8.38. The number of aromatic nitrogens is 3. The second-order valence-corrected chi connectivity index (χ2v) is 7.91. The standard InChI is InChI=1S/C19H19ClN4O2S/c1-12-4-9-17(10-13(12)2)24-14(3)21-22-19(24)27-18(11-23(25)26)15-5-7-16(20)8-6-15/h4-10,18H,11H2,1-3H3/t18-/m1/s1. The number of thioether (sulfide) groups is 1. The molecular formula is C19H19ClN4O2S. The van der Waals surface area contributed by atoms with E-state index in [-0.39, 0.29) is 11.5 Å². The van der Waals surface area contributed by atoms with E-state index < -0.39 is 5.25 Å². The smallest absolute Gasteiger partial charge is 0.220 e. The Hall–Kier alpha value is -2.38. The van der Waals surface area contributed by atoms with Crippen molar-refractivity contribution < 1.29 is 4.92 Å². The van der Waals surface area contributed by atoms with E-state index in [1.165, 1.54) is 17.3 Å². The van der Waals surface area contributed by atoms with Crippen molar-refractivity contribution in [3.63, 3.8) is 0 Å². The quantitative estimate of drug-likeness (QED) is 0.331. The summed E-state index contributed by atoms with van der Waals surface area (Å²) in [4.78, 5) is 10.9. The second kappa shape index (κ2) is 8.10. The molecule has 0 radical (unpaired) electrons. The van der Waals surface area contributed by atoms with Crippen molar-refractivity contribution in [2.75, 3.05) is 6.54 Å². The van der Waals surface area contributed by atoms with Crippen LogP contribution in [0.3, 0.4) is 0 Å². The van der Waals surface area contributed by atoms with E-state index in [1.807, 2.05) is 35.8 Å². The molecule has 0 unspecified atom stereocenters. The summed E-state index contributed by atoms with van der Waals surface area (Å²) in [7, 11) is 0. The summed E-state index contributed by atoms with van der Waals surface area (Å²) < 4.78 is 1.93. The minimum absolute atomic E-state index is 0.217. The van der Waals surface area contributed by atoms with Gasteiger partial charge in [0.25, 0.3) is 0 Å². The van der Waals surface area contributed by atoms with Gasteiger partial charge in [0.1, 0.15) is 11.1 Å². The van der Waals surface area contributed by atoms with Crippen molar-refractivity contribution in [3.05, 3.63) is 80.1 Å². The van der Waals surface area contributed by atoms with Crippen molar-refractivity contribution in [2.24, 2.45) is 0 Å². The van der Waals surface area contributed by atoms with Gasteiger partial charge in [-0.3, -0.25) is 14.7 Å². The number of nitro groups is 1. The molecule has 0 saturated carbocycles. The molecule has 140 valence electrons. The Morgan fingerprint density at radius 2 is 1.81 bits per heavy atom. The van der Waals surface area contributed by atoms with Gasteiger partial charge < -0.3 is 0 Å². The van der Waals surface area contributed by atoms with Crippen LogP contribution in [0.25, 0.3) is 5.69 Å². The van der Waals surface area contributed by atoms with E-state index in [0.29, 0.717) is 10.2 Å². The lowest BCUT2D eigenvalue weighted by Gasteiger charge is -2.15. The Bertz CT molecular complexity index is 972. The molecule has 1 heterocycles. The zero-order valence-corrected chi connectivity index (χ0v) is 16.8. The van der Waals surface area contributed by atoms with Crippen LogP contribution >= 0.6 is 23.4 Å². The maximum absolute atomic E-state index is 11.2. The Kier molecular flexibility index (Phi) is 5.82. The molecule has 3 aromatic rings. The Labute approximate surface area is 166 Å². The summed E-state index contributed by atoms with van der Waals surface area (Å²) in [5.74, 6) is 0.733. The predicted molar refractivity (Wildman–Crippen MR) is 107 cm³/mol. The van der Waals surface area contributed by atoms with Crippen LogP contribution in [-0.4, -0.2) is 26.2 Å². The normalized spacial score (nSPS) is 12.1. The highest BCUT2D eigenvalue weighted by Gasteiger charge is 2.23. The molecule has 8 heteroatoms. The molecule has 0 aliphatic rings. The van der Waals surface area contributed by atoms with Gasteiger partial charge in [0.15, 0.2) is 5.16 Å². The average molecular weight is 403 g/mol. The Morgan fingerprint density at radius 3 is 2.44 bits per heavy atom. The number of rotatable bonds is 6. The van der Waals surface area contributed by atoms with Crippen molar-refractivity contribution >= 4 is 23.4 Å². The fraction of sp³-hybridized carbons (Fsp3) is 0.263. The lowest BCUT2D eigenvalue weighted by Crippen LogP contribution is -2.11. The SMILES string of the molecule is Cc1ccc(-n2c(C)nnc2S[C@H](C[N+](=O)[O-])c2ccc(Cl)cc2)cc1C. The third kappa shape index (κ3) is 4.48. The lowest BCUT2D eigenvalue weighted by atomic mass is 10.1. The molecule has 6 nitrogen and oxygen atoms in total. The van der Waals surface area contributed by atoms with Gasteiger partial charge in [-0.1, -0.05) is 41.6 Å². The van der Waals surface area contributed by atoms with Crippen LogP contribution < -0.4 is 0 Å². The highest BCUT2D eigenvalue weighted by molar-refractivity contribution is 7.99. The van der Waals surface area contributed by atoms with Crippen LogP contribution in [0.4, 0.5) is 0 Å². The summed E-state index contributed by atoms with van der Waals surface area (Å²) in [5.41, 5.74) is 4.13. The molecule has 1 aromatic heterocycles. The summed E-state index contributed by atoms with van der Waals surface area (Å²) in [6, 6.07) is 13.2. The number of nitrogens with zero attached hydrogens (tertiary/aromatic N) is 4. The van der Waals surface area contributed by atoms with Gasteiger partial charge in [0, 0.05) is 15.6 Å². The average Bonchev–Trinajstić information content (AvgIpc) is 2.97. The summed E-state index contributed by atoms with van der Waals surface area (Å²) in [5, 5.41) is 20.5. The first-order chi connectivity index (χ1) is 12.8. The molecule has 0 aliphatic carbocycles. The molecule has 0 saturated heterocycles. The molecule has 0 aliphatic heterocycles. The van der Waals surface area contributed by atoms with Crippen LogP contribution in [0.5, 0.6) is 0 Å². The van der Waals surface area contributed by atoms with E-state index in [0.717, 1.165) is 22.6 Å². The van der Waals surface area contributed by atoms with Crippen molar-refractivity contribution in [2.45, 2.75) is 31.2 Å². The van der Waals surface area contributed by atoms with Crippen LogP contribution in [0.2, 0.25) is 5.02 Å². The van der Waals surface area contributed by atoms with Crippen molar-refractivity contribution in [3.8, 4) is 5.69 Å².